The van der Waals surface area contributed by atoms with Gasteiger partial charge in [-0.25, -0.2) is 13.4 Å². The summed E-state index contributed by atoms with van der Waals surface area (Å²) in [7, 11) is -3.80. The maximum absolute atomic E-state index is 11.7. The summed E-state index contributed by atoms with van der Waals surface area (Å²) in [5, 5.41) is 0.0836. The maximum Gasteiger partial charge on any atom is 0.496 e. The second kappa shape index (κ2) is 4.82. The third-order valence-corrected chi connectivity index (χ3v) is 5.62. The Morgan fingerprint density at radius 2 is 1.70 bits per heavy atom. The molecule has 7 heteroatoms. The molecule has 0 aromatic carbocycles. The van der Waals surface area contributed by atoms with Gasteiger partial charge in [0.1, 0.15) is 0 Å². The van der Waals surface area contributed by atoms with Gasteiger partial charge in [0.25, 0.3) is 0 Å². The van der Waals surface area contributed by atoms with Crippen molar-refractivity contribution < 1.29 is 17.7 Å². The van der Waals surface area contributed by atoms with Crippen LogP contribution < -0.4 is 5.46 Å². The molecule has 0 unspecified atom stereocenters. The number of sulfone groups is 1. The van der Waals surface area contributed by atoms with Crippen LogP contribution in [0.2, 0.25) is 0 Å². The maximum atomic E-state index is 11.7. The van der Waals surface area contributed by atoms with E-state index in [1.165, 1.54) is 12.3 Å². The Labute approximate surface area is 120 Å². The number of hydrogen-bond donors (Lipinski definition) is 0. The largest absolute Gasteiger partial charge is 0.496 e. The Balaban J connectivity index is 2.25. The van der Waals surface area contributed by atoms with Crippen LogP contribution in [0.1, 0.15) is 34.6 Å². The van der Waals surface area contributed by atoms with Crippen LogP contribution in [-0.4, -0.2) is 37.5 Å². The Kier molecular flexibility index (Phi) is 3.73. The molecule has 0 aliphatic carbocycles. The predicted molar refractivity (Wildman–Crippen MR) is 77.7 cm³/mol. The fourth-order valence-corrected chi connectivity index (χ4v) is 2.63. The van der Waals surface area contributed by atoms with E-state index >= 15 is 0 Å². The molecule has 20 heavy (non-hydrogen) atoms. The molecule has 2 rings (SSSR count). The van der Waals surface area contributed by atoms with E-state index in [9.17, 15) is 8.42 Å². The van der Waals surface area contributed by atoms with Crippen molar-refractivity contribution in [3.8, 4) is 0 Å². The van der Waals surface area contributed by atoms with Crippen LogP contribution in [-0.2, 0) is 19.1 Å². The molecule has 110 valence electrons. The van der Waals surface area contributed by atoms with E-state index in [1.54, 1.807) is 13.0 Å². The lowest BCUT2D eigenvalue weighted by Gasteiger charge is -2.32. The first-order valence-corrected chi connectivity index (χ1v) is 8.28. The average Bonchev–Trinajstić information content (AvgIpc) is 2.59. The van der Waals surface area contributed by atoms with E-state index in [4.69, 9.17) is 9.31 Å². The van der Waals surface area contributed by atoms with Gasteiger partial charge in [-0.2, -0.15) is 0 Å². The number of pyridine rings is 1. The first-order valence-electron chi connectivity index (χ1n) is 6.63. The minimum Gasteiger partial charge on any atom is -0.399 e. The van der Waals surface area contributed by atoms with Crippen LogP contribution in [0.5, 0.6) is 0 Å². The third kappa shape index (κ3) is 2.62. The first-order chi connectivity index (χ1) is 9.09. The van der Waals surface area contributed by atoms with Crippen LogP contribution in [0.4, 0.5) is 0 Å². The highest BCUT2D eigenvalue weighted by Crippen LogP contribution is 2.36. The molecular formula is C13H20BNO4S. The molecule has 0 bridgehead atoms. The van der Waals surface area contributed by atoms with Crippen molar-refractivity contribution in [1.29, 1.82) is 0 Å². The lowest BCUT2D eigenvalue weighted by atomic mass is 9.80. The zero-order valence-corrected chi connectivity index (χ0v) is 13.3. The smallest absolute Gasteiger partial charge is 0.399 e. The summed E-state index contributed by atoms with van der Waals surface area (Å²) in [5.41, 5.74) is -0.129. The molecule has 1 aromatic heterocycles. The lowest BCUT2D eigenvalue weighted by molar-refractivity contribution is 0.00578. The molecule has 0 amide bonds. The molecule has 0 atom stereocenters. The van der Waals surface area contributed by atoms with Crippen LogP contribution in [0, 0.1) is 0 Å². The van der Waals surface area contributed by atoms with Crippen molar-refractivity contribution in [3.63, 3.8) is 0 Å². The predicted octanol–water partition coefficient (Wildman–Crippen LogP) is 1.17. The van der Waals surface area contributed by atoms with Gasteiger partial charge in [-0.1, -0.05) is 13.0 Å². The lowest BCUT2D eigenvalue weighted by Crippen LogP contribution is -2.41. The fraction of sp³-hybridized carbons (Fsp3) is 0.615. The highest BCUT2D eigenvalue weighted by atomic mass is 32.2. The number of nitrogens with zero attached hydrogens (tertiary/aromatic N) is 1. The van der Waals surface area contributed by atoms with Crippen molar-refractivity contribution in [1.82, 2.24) is 4.98 Å². The molecule has 1 saturated heterocycles. The first kappa shape index (κ1) is 15.5. The van der Waals surface area contributed by atoms with Gasteiger partial charge in [0, 0.05) is 11.7 Å². The van der Waals surface area contributed by atoms with Crippen molar-refractivity contribution in [2.75, 3.05) is 5.75 Å². The summed E-state index contributed by atoms with van der Waals surface area (Å²) in [6.45, 7) is 9.47. The Morgan fingerprint density at radius 3 is 2.10 bits per heavy atom. The standard InChI is InChI=1S/C13H20BNO4S/c1-6-20(16,17)11-8-7-10(9-15-11)14-18-12(2,3)13(4,5)19-14/h7-9H,6H2,1-5H3. The van der Waals surface area contributed by atoms with Crippen LogP contribution in [0.25, 0.3) is 0 Å². The average molecular weight is 297 g/mol. The summed E-state index contributed by atoms with van der Waals surface area (Å²) in [6.07, 6.45) is 1.50. The van der Waals surface area contributed by atoms with Gasteiger partial charge in [0.15, 0.2) is 14.9 Å². The second-order valence-electron chi connectivity index (χ2n) is 5.92. The van der Waals surface area contributed by atoms with Crippen LogP contribution in [0.3, 0.4) is 0 Å². The van der Waals surface area contributed by atoms with E-state index in [0.29, 0.717) is 0 Å². The highest BCUT2D eigenvalue weighted by Gasteiger charge is 2.51. The van der Waals surface area contributed by atoms with Gasteiger partial charge in [0.2, 0.25) is 0 Å². The van der Waals surface area contributed by atoms with Crippen molar-refractivity contribution in [3.05, 3.63) is 18.3 Å². The summed E-state index contributed by atoms with van der Waals surface area (Å²) in [5.74, 6) is 0.0375. The minimum absolute atomic E-state index is 0.0375. The zero-order chi connectivity index (χ0) is 15.2. The van der Waals surface area contributed by atoms with Gasteiger partial charge in [-0.05, 0) is 33.8 Å². The number of rotatable bonds is 3. The van der Waals surface area contributed by atoms with Gasteiger partial charge in [0.05, 0.1) is 17.0 Å². The van der Waals surface area contributed by atoms with E-state index < -0.39 is 28.2 Å². The Bertz CT molecular complexity index is 579. The molecule has 0 N–H and O–H groups in total. The SMILES string of the molecule is CCS(=O)(=O)c1ccc(B2OC(C)(C)C(C)(C)O2)cn1. The van der Waals surface area contributed by atoms with Crippen LogP contribution >= 0.6 is 0 Å². The molecule has 1 aromatic rings. The highest BCUT2D eigenvalue weighted by molar-refractivity contribution is 7.91. The molecule has 1 aliphatic rings. The minimum atomic E-state index is -3.28. The number of hydrogen-bond acceptors (Lipinski definition) is 5. The molecule has 0 saturated carbocycles. The van der Waals surface area contributed by atoms with Crippen molar-refractivity contribution in [2.45, 2.75) is 50.8 Å². The Hall–Kier alpha value is -0.915. The molecule has 2 heterocycles. The summed E-state index contributed by atoms with van der Waals surface area (Å²) >= 11 is 0. The van der Waals surface area contributed by atoms with Gasteiger partial charge >= 0.3 is 7.12 Å². The molecule has 1 aliphatic heterocycles. The summed E-state index contributed by atoms with van der Waals surface area (Å²) in [6, 6.07) is 3.19. The molecule has 0 spiro atoms. The topological polar surface area (TPSA) is 65.5 Å². The molecular weight excluding hydrogens is 277 g/mol. The molecule has 0 radical (unpaired) electrons. The number of aromatic nitrogens is 1. The Morgan fingerprint density at radius 1 is 1.15 bits per heavy atom. The summed E-state index contributed by atoms with van der Waals surface area (Å²) < 4.78 is 35.2. The van der Waals surface area contributed by atoms with Gasteiger partial charge < -0.3 is 9.31 Å². The van der Waals surface area contributed by atoms with Gasteiger partial charge in [-0.15, -0.1) is 0 Å². The van der Waals surface area contributed by atoms with E-state index in [0.717, 1.165) is 5.46 Å². The summed E-state index contributed by atoms with van der Waals surface area (Å²) in [4.78, 5) is 4.01. The third-order valence-electron chi connectivity index (χ3n) is 3.98. The van der Waals surface area contributed by atoms with E-state index in [1.807, 2.05) is 27.7 Å². The molecule has 5 nitrogen and oxygen atoms in total. The quantitative estimate of drug-likeness (QED) is 0.784. The molecule has 1 fully saturated rings. The second-order valence-corrected chi connectivity index (χ2v) is 8.15. The fourth-order valence-electron chi connectivity index (χ4n) is 1.84. The van der Waals surface area contributed by atoms with E-state index in [-0.39, 0.29) is 10.8 Å². The zero-order valence-electron chi connectivity index (χ0n) is 12.5. The van der Waals surface area contributed by atoms with Gasteiger partial charge in [-0.3, -0.25) is 0 Å². The normalized spacial score (nSPS) is 21.1. The van der Waals surface area contributed by atoms with Crippen molar-refractivity contribution in [2.24, 2.45) is 0 Å². The van der Waals surface area contributed by atoms with E-state index in [2.05, 4.69) is 4.98 Å². The van der Waals surface area contributed by atoms with Crippen molar-refractivity contribution >= 4 is 22.4 Å². The monoisotopic (exact) mass is 297 g/mol. The van der Waals surface area contributed by atoms with Crippen LogP contribution in [0.15, 0.2) is 23.4 Å².